The molecule has 0 aliphatic carbocycles. The minimum atomic E-state index is -0.838. The Bertz CT molecular complexity index is 665. The minimum Gasteiger partial charge on any atom is -0.355 e. The van der Waals surface area contributed by atoms with Crippen molar-refractivity contribution in [2.75, 3.05) is 40.5 Å². The van der Waals surface area contributed by atoms with E-state index in [2.05, 4.69) is 10.6 Å². The first kappa shape index (κ1) is 21.1. The van der Waals surface area contributed by atoms with E-state index in [1.54, 1.807) is 24.3 Å². The summed E-state index contributed by atoms with van der Waals surface area (Å²) in [4.78, 5) is 37.7. The Morgan fingerprint density at radius 1 is 1.19 bits per heavy atom. The maximum atomic E-state index is 12.6. The summed E-state index contributed by atoms with van der Waals surface area (Å²) in [5.74, 6) is -1.91. The Labute approximate surface area is 161 Å². The van der Waals surface area contributed by atoms with Crippen LogP contribution in [0.2, 0.25) is 5.02 Å². The van der Waals surface area contributed by atoms with Gasteiger partial charge in [-0.1, -0.05) is 11.6 Å². The molecule has 1 saturated heterocycles. The smallest absolute Gasteiger partial charge is 0.309 e. The van der Waals surface area contributed by atoms with Crippen LogP contribution in [0.5, 0.6) is 0 Å². The van der Waals surface area contributed by atoms with E-state index in [9.17, 15) is 14.4 Å². The first-order chi connectivity index (χ1) is 13.0. The second kappa shape index (κ2) is 10.2. The van der Waals surface area contributed by atoms with Crippen molar-refractivity contribution >= 4 is 29.3 Å². The van der Waals surface area contributed by atoms with Crippen molar-refractivity contribution in [3.63, 3.8) is 0 Å². The SMILES string of the molecule is COC(CNC(=O)C(=O)NCC1OCCN1C(=O)c1ccc(Cl)cc1)OC. The number of nitrogens with zero attached hydrogens (tertiary/aromatic N) is 1. The molecule has 1 atom stereocenters. The molecule has 2 N–H and O–H groups in total. The standard InChI is InChI=1S/C17H22ClN3O6/c1-25-14(26-2)10-20-16(23)15(22)19-9-13-21(7-8-27-13)17(24)11-3-5-12(18)6-4-11/h3-6,13-14H,7-10H2,1-2H3,(H,19,22)(H,20,23). The zero-order valence-corrected chi connectivity index (χ0v) is 15.8. The number of carbonyl (C=O) groups is 3. The quantitative estimate of drug-likeness (QED) is 0.493. The van der Waals surface area contributed by atoms with Gasteiger partial charge in [0.05, 0.1) is 19.7 Å². The summed E-state index contributed by atoms with van der Waals surface area (Å²) in [6.45, 7) is 0.747. The molecule has 0 bridgehead atoms. The van der Waals surface area contributed by atoms with Crippen molar-refractivity contribution in [3.05, 3.63) is 34.9 Å². The molecule has 1 aromatic carbocycles. The van der Waals surface area contributed by atoms with Crippen LogP contribution in [0.25, 0.3) is 0 Å². The molecular weight excluding hydrogens is 378 g/mol. The zero-order chi connectivity index (χ0) is 19.8. The summed E-state index contributed by atoms with van der Waals surface area (Å²) < 4.78 is 15.3. The average molecular weight is 400 g/mol. The van der Waals surface area contributed by atoms with Crippen LogP contribution in [0, 0.1) is 0 Å². The number of hydrogen-bond donors (Lipinski definition) is 2. The fraction of sp³-hybridized carbons (Fsp3) is 0.471. The van der Waals surface area contributed by atoms with E-state index >= 15 is 0 Å². The number of nitrogens with one attached hydrogen (secondary N) is 2. The summed E-state index contributed by atoms with van der Waals surface area (Å²) in [7, 11) is 2.84. The molecule has 148 valence electrons. The predicted octanol–water partition coefficient (Wildman–Crippen LogP) is -0.0102. The monoisotopic (exact) mass is 399 g/mol. The van der Waals surface area contributed by atoms with Crippen LogP contribution in [-0.2, 0) is 23.8 Å². The van der Waals surface area contributed by atoms with Crippen molar-refractivity contribution < 1.29 is 28.6 Å². The lowest BCUT2D eigenvalue weighted by Crippen LogP contribution is -2.48. The van der Waals surface area contributed by atoms with Crippen LogP contribution in [0.15, 0.2) is 24.3 Å². The van der Waals surface area contributed by atoms with Gasteiger partial charge >= 0.3 is 11.8 Å². The Morgan fingerprint density at radius 3 is 2.44 bits per heavy atom. The number of benzene rings is 1. The largest absolute Gasteiger partial charge is 0.355 e. The van der Waals surface area contributed by atoms with Crippen molar-refractivity contribution in [1.82, 2.24) is 15.5 Å². The van der Waals surface area contributed by atoms with Crippen molar-refractivity contribution in [1.29, 1.82) is 0 Å². The molecule has 1 fully saturated rings. The van der Waals surface area contributed by atoms with Crippen LogP contribution < -0.4 is 10.6 Å². The number of amides is 3. The maximum Gasteiger partial charge on any atom is 0.309 e. The Hall–Kier alpha value is -2.20. The first-order valence-electron chi connectivity index (χ1n) is 8.26. The first-order valence-corrected chi connectivity index (χ1v) is 8.63. The third-order valence-electron chi connectivity index (χ3n) is 3.94. The van der Waals surface area contributed by atoms with E-state index in [1.165, 1.54) is 19.1 Å². The van der Waals surface area contributed by atoms with Gasteiger partial charge in [-0.05, 0) is 24.3 Å². The van der Waals surface area contributed by atoms with E-state index in [0.717, 1.165) is 0 Å². The van der Waals surface area contributed by atoms with Crippen LogP contribution in [0.4, 0.5) is 0 Å². The lowest BCUT2D eigenvalue weighted by molar-refractivity contribution is -0.142. The highest BCUT2D eigenvalue weighted by Crippen LogP contribution is 2.16. The summed E-state index contributed by atoms with van der Waals surface area (Å²) in [6.07, 6.45) is -1.30. The number of rotatable bonds is 7. The Balaban J connectivity index is 1.85. The number of hydrogen-bond acceptors (Lipinski definition) is 6. The molecule has 3 amide bonds. The van der Waals surface area contributed by atoms with Crippen LogP contribution in [-0.4, -0.2) is 75.6 Å². The molecule has 2 rings (SSSR count). The number of methoxy groups -OCH3 is 2. The van der Waals surface area contributed by atoms with Gasteiger partial charge in [0.25, 0.3) is 5.91 Å². The van der Waals surface area contributed by atoms with Gasteiger partial charge in [-0.25, -0.2) is 0 Å². The summed E-state index contributed by atoms with van der Waals surface area (Å²) in [6, 6.07) is 6.49. The molecular formula is C17H22ClN3O6. The van der Waals surface area contributed by atoms with Gasteiger partial charge in [-0.3, -0.25) is 14.4 Å². The van der Waals surface area contributed by atoms with Crippen molar-refractivity contribution in [3.8, 4) is 0 Å². The number of ether oxygens (including phenoxy) is 3. The molecule has 1 aliphatic rings. The van der Waals surface area contributed by atoms with Gasteiger partial charge in [0, 0.05) is 31.4 Å². The Morgan fingerprint density at radius 2 is 1.81 bits per heavy atom. The van der Waals surface area contributed by atoms with E-state index in [4.69, 9.17) is 25.8 Å². The molecule has 1 aromatic rings. The second-order valence-corrected chi connectivity index (χ2v) is 6.09. The molecule has 9 nitrogen and oxygen atoms in total. The lowest BCUT2D eigenvalue weighted by Gasteiger charge is -2.23. The molecule has 0 aromatic heterocycles. The summed E-state index contributed by atoms with van der Waals surface area (Å²) >= 11 is 5.83. The van der Waals surface area contributed by atoms with Gasteiger partial charge in [-0.2, -0.15) is 0 Å². The fourth-order valence-electron chi connectivity index (χ4n) is 2.46. The van der Waals surface area contributed by atoms with Gasteiger partial charge in [0.15, 0.2) is 6.29 Å². The average Bonchev–Trinajstić information content (AvgIpc) is 3.15. The highest BCUT2D eigenvalue weighted by molar-refractivity contribution is 6.35. The zero-order valence-electron chi connectivity index (χ0n) is 15.1. The molecule has 0 spiro atoms. The summed E-state index contributed by atoms with van der Waals surface area (Å²) in [5, 5.41) is 5.38. The van der Waals surface area contributed by atoms with E-state index in [0.29, 0.717) is 23.7 Å². The van der Waals surface area contributed by atoms with Crippen LogP contribution in [0.1, 0.15) is 10.4 Å². The minimum absolute atomic E-state index is 0.0103. The molecule has 1 unspecified atom stereocenters. The topological polar surface area (TPSA) is 106 Å². The third kappa shape index (κ3) is 5.90. The van der Waals surface area contributed by atoms with Gasteiger partial charge in [-0.15, -0.1) is 0 Å². The van der Waals surface area contributed by atoms with E-state index < -0.39 is 24.3 Å². The van der Waals surface area contributed by atoms with E-state index in [1.807, 2.05) is 0 Å². The van der Waals surface area contributed by atoms with Gasteiger partial charge in [0.2, 0.25) is 0 Å². The highest BCUT2D eigenvalue weighted by atomic mass is 35.5. The normalized spacial score (nSPS) is 16.4. The van der Waals surface area contributed by atoms with Gasteiger partial charge in [0.1, 0.15) is 6.23 Å². The predicted molar refractivity (Wildman–Crippen MR) is 96.1 cm³/mol. The molecule has 1 aliphatic heterocycles. The fourth-order valence-corrected chi connectivity index (χ4v) is 2.59. The molecule has 27 heavy (non-hydrogen) atoms. The molecule has 0 radical (unpaired) electrons. The highest BCUT2D eigenvalue weighted by Gasteiger charge is 2.31. The van der Waals surface area contributed by atoms with Gasteiger partial charge < -0.3 is 29.7 Å². The number of carbonyl (C=O) groups excluding carboxylic acids is 3. The van der Waals surface area contributed by atoms with Crippen LogP contribution >= 0.6 is 11.6 Å². The van der Waals surface area contributed by atoms with Crippen molar-refractivity contribution in [2.45, 2.75) is 12.5 Å². The lowest BCUT2D eigenvalue weighted by atomic mass is 10.2. The molecule has 10 heteroatoms. The maximum absolute atomic E-state index is 12.6. The number of halogens is 1. The second-order valence-electron chi connectivity index (χ2n) is 5.65. The van der Waals surface area contributed by atoms with Crippen molar-refractivity contribution in [2.24, 2.45) is 0 Å². The molecule has 0 saturated carbocycles. The molecule has 1 heterocycles. The Kier molecular flexibility index (Phi) is 7.99. The third-order valence-corrected chi connectivity index (χ3v) is 4.19. The van der Waals surface area contributed by atoms with E-state index in [-0.39, 0.29) is 19.0 Å². The summed E-state index contributed by atoms with van der Waals surface area (Å²) in [5.41, 5.74) is 0.462. The van der Waals surface area contributed by atoms with Crippen LogP contribution in [0.3, 0.4) is 0 Å².